The summed E-state index contributed by atoms with van der Waals surface area (Å²) in [5.41, 5.74) is 2.58. The molecule has 0 aromatic carbocycles. The van der Waals surface area contributed by atoms with Gasteiger partial charge in [-0.3, -0.25) is 0 Å². The van der Waals surface area contributed by atoms with Gasteiger partial charge in [0.2, 0.25) is 8.40 Å². The maximum Gasteiger partial charge on any atom is 0.205 e. The first-order valence-electron chi connectivity index (χ1n) is 14.1. The maximum atomic E-state index is 4.80. The van der Waals surface area contributed by atoms with E-state index in [1.807, 2.05) is 0 Å². The normalized spacial score (nSPS) is 16.3. The lowest BCUT2D eigenvalue weighted by Crippen LogP contribution is -2.88. The summed E-state index contributed by atoms with van der Waals surface area (Å²) in [6.45, 7) is 59.2. The van der Waals surface area contributed by atoms with Gasteiger partial charge in [-0.15, -0.1) is 6.58 Å². The molecule has 2 nitrogen and oxygen atoms in total. The van der Waals surface area contributed by atoms with Crippen LogP contribution < -0.4 is 0 Å². The molecule has 0 heterocycles. The molecular weight excluding hydrogens is 505 g/mol. The Kier molecular flexibility index (Phi) is 10.3. The maximum absolute atomic E-state index is 4.80. The van der Waals surface area contributed by atoms with Gasteiger partial charge in [0, 0.05) is 0 Å². The molecule has 0 aromatic rings. The lowest BCUT2D eigenvalue weighted by Gasteiger charge is -2.71. The fourth-order valence-corrected chi connectivity index (χ4v) is 49.7. The highest BCUT2D eigenvalue weighted by molar-refractivity contribution is 7.15. The minimum Gasteiger partial charge on any atom is -0.353 e. The van der Waals surface area contributed by atoms with Crippen molar-refractivity contribution in [3.8, 4) is 0 Å². The average molecular weight is 573 g/mol. The van der Waals surface area contributed by atoms with E-state index in [-0.39, 0.29) is 20.2 Å². The van der Waals surface area contributed by atoms with Gasteiger partial charge in [0.1, 0.15) is 32.9 Å². The zero-order valence-corrected chi connectivity index (χ0v) is 33.4. The van der Waals surface area contributed by atoms with Crippen molar-refractivity contribution in [1.82, 2.24) is 7.79 Å². The van der Waals surface area contributed by atoms with Crippen molar-refractivity contribution in [2.45, 2.75) is 169 Å². The molecule has 210 valence electrons. The standard InChI is InChI=1S/C28H68N2Si5/c1-23-35(24-2,29(31(15,16)25(3,4)5)32(17,18)26(6,7)8)30(33(19,20)27(9,10)11)34(21,22)28(12,13)14/h23H,1,24H2,2-22H3. The first-order chi connectivity index (χ1) is 14.9. The summed E-state index contributed by atoms with van der Waals surface area (Å²) in [6, 6.07) is 1.23. The SMILES string of the molecule is C=C[Si](CC)(N([Si](C)(C)C(C)(C)C)[Si](C)(C)C(C)(C)C)N([Si](C)(C)C(C)(C)C)[Si](C)(C)C(C)(C)C. The molecular formula is C28H68N2Si5. The lowest BCUT2D eigenvalue weighted by molar-refractivity contribution is 0.568. The van der Waals surface area contributed by atoms with E-state index in [1.165, 1.54) is 6.04 Å². The number of hydrogen-bond acceptors (Lipinski definition) is 2. The lowest BCUT2D eigenvalue weighted by atomic mass is 10.2. The molecule has 0 N–H and O–H groups in total. The van der Waals surface area contributed by atoms with E-state index >= 15 is 0 Å². The Labute approximate surface area is 229 Å². The molecule has 0 amide bonds. The smallest absolute Gasteiger partial charge is 0.205 e. The van der Waals surface area contributed by atoms with Crippen LogP contribution in [0.2, 0.25) is 78.6 Å². The summed E-state index contributed by atoms with van der Waals surface area (Å²) in [6.07, 6.45) is 0. The van der Waals surface area contributed by atoms with Crippen LogP contribution in [0, 0.1) is 0 Å². The Morgan fingerprint density at radius 1 is 0.486 bits per heavy atom. The van der Waals surface area contributed by atoms with Crippen LogP contribution in [0.3, 0.4) is 0 Å². The highest BCUT2D eigenvalue weighted by atomic mass is 28.5. The van der Waals surface area contributed by atoms with E-state index < -0.39 is 41.3 Å². The molecule has 7 heteroatoms. The molecule has 0 radical (unpaired) electrons. The highest BCUT2D eigenvalue weighted by Gasteiger charge is 2.66. The molecule has 0 bridgehead atoms. The molecule has 0 atom stereocenters. The van der Waals surface area contributed by atoms with Crippen molar-refractivity contribution in [1.29, 1.82) is 0 Å². The molecule has 0 aliphatic rings. The monoisotopic (exact) mass is 572 g/mol. The first kappa shape index (κ1) is 35.7. The van der Waals surface area contributed by atoms with Crippen LogP contribution in [0.25, 0.3) is 0 Å². The van der Waals surface area contributed by atoms with Crippen molar-refractivity contribution in [3.05, 3.63) is 12.3 Å². The van der Waals surface area contributed by atoms with Crippen molar-refractivity contribution in [2.24, 2.45) is 0 Å². The Morgan fingerprint density at radius 2 is 0.657 bits per heavy atom. The topological polar surface area (TPSA) is 6.48 Å². The van der Waals surface area contributed by atoms with Crippen molar-refractivity contribution in [2.75, 3.05) is 0 Å². The molecule has 0 spiro atoms. The van der Waals surface area contributed by atoms with Gasteiger partial charge in [0.15, 0.2) is 0 Å². The van der Waals surface area contributed by atoms with Crippen molar-refractivity contribution < 1.29 is 0 Å². The molecule has 0 unspecified atom stereocenters. The van der Waals surface area contributed by atoms with Gasteiger partial charge in [0.05, 0.1) is 0 Å². The van der Waals surface area contributed by atoms with Gasteiger partial charge < -0.3 is 7.79 Å². The summed E-state index contributed by atoms with van der Waals surface area (Å²) in [7, 11) is -9.93. The zero-order valence-electron chi connectivity index (χ0n) is 28.4. The summed E-state index contributed by atoms with van der Waals surface area (Å²) in [5, 5.41) is 1.13. The second-order valence-corrected chi connectivity index (χ2v) is 44.1. The van der Waals surface area contributed by atoms with E-state index in [0.29, 0.717) is 0 Å². The number of rotatable bonds is 8. The predicted octanol–water partition coefficient (Wildman–Crippen LogP) is 10.8. The van der Waals surface area contributed by atoms with E-state index in [1.54, 1.807) is 0 Å². The van der Waals surface area contributed by atoms with Crippen LogP contribution in [-0.2, 0) is 0 Å². The summed E-state index contributed by atoms with van der Waals surface area (Å²) in [4.78, 5) is 0. The van der Waals surface area contributed by atoms with Crippen molar-refractivity contribution >= 4 is 41.3 Å². The Morgan fingerprint density at radius 3 is 0.743 bits per heavy atom. The Hall–Kier alpha value is 0.744. The third-order valence-corrected chi connectivity index (χ3v) is 51.7. The fourth-order valence-electron chi connectivity index (χ4n) is 5.42. The fraction of sp³-hybridized carbons (Fsp3) is 0.929. The van der Waals surface area contributed by atoms with Crippen LogP contribution in [0.5, 0.6) is 0 Å². The van der Waals surface area contributed by atoms with Crippen LogP contribution in [0.4, 0.5) is 0 Å². The second kappa shape index (κ2) is 10.0. The van der Waals surface area contributed by atoms with Crippen LogP contribution in [-0.4, -0.2) is 49.1 Å². The molecule has 0 saturated carbocycles. The van der Waals surface area contributed by atoms with Gasteiger partial charge in [-0.1, -0.05) is 148 Å². The largest absolute Gasteiger partial charge is 0.353 e. The predicted molar refractivity (Wildman–Crippen MR) is 179 cm³/mol. The Balaban J connectivity index is 8.27. The average Bonchev–Trinajstić information content (AvgIpc) is 2.55. The molecule has 35 heavy (non-hydrogen) atoms. The molecule has 0 aliphatic carbocycles. The molecule has 0 saturated heterocycles. The van der Waals surface area contributed by atoms with Gasteiger partial charge in [-0.05, 0) is 26.2 Å². The van der Waals surface area contributed by atoms with E-state index in [2.05, 4.69) is 156 Å². The zero-order chi connectivity index (χ0) is 29.1. The summed E-state index contributed by atoms with van der Waals surface area (Å²) < 4.78 is 6.72. The summed E-state index contributed by atoms with van der Waals surface area (Å²) in [5.74, 6) is 0. The quantitative estimate of drug-likeness (QED) is 0.267. The van der Waals surface area contributed by atoms with Crippen LogP contribution >= 0.6 is 0 Å². The number of hydrogen-bond donors (Lipinski definition) is 0. The van der Waals surface area contributed by atoms with Gasteiger partial charge in [-0.2, -0.15) is 0 Å². The van der Waals surface area contributed by atoms with E-state index in [9.17, 15) is 0 Å². The molecule has 0 fully saturated rings. The third kappa shape index (κ3) is 6.01. The molecule has 0 rings (SSSR count). The van der Waals surface area contributed by atoms with Crippen molar-refractivity contribution in [3.63, 3.8) is 0 Å². The number of nitrogens with zero attached hydrogens (tertiary/aromatic N) is 2. The minimum atomic E-state index is -2.31. The second-order valence-electron chi connectivity index (χ2n) is 17.3. The summed E-state index contributed by atoms with van der Waals surface area (Å²) >= 11 is 0. The molecule has 0 aliphatic heterocycles. The van der Waals surface area contributed by atoms with Gasteiger partial charge in [0.25, 0.3) is 0 Å². The minimum absolute atomic E-state index is 0.283. The van der Waals surface area contributed by atoms with Crippen LogP contribution in [0.15, 0.2) is 12.3 Å². The first-order valence-corrected chi connectivity index (χ1v) is 28.1. The van der Waals surface area contributed by atoms with E-state index in [4.69, 9.17) is 6.58 Å². The van der Waals surface area contributed by atoms with Crippen LogP contribution in [0.1, 0.15) is 90.0 Å². The van der Waals surface area contributed by atoms with Gasteiger partial charge in [-0.25, -0.2) is 0 Å². The molecule has 0 aromatic heterocycles. The Bertz CT molecular complexity index is 633. The highest BCUT2D eigenvalue weighted by Crippen LogP contribution is 2.56. The third-order valence-electron chi connectivity index (χ3n) is 11.2. The van der Waals surface area contributed by atoms with E-state index in [0.717, 1.165) is 0 Å². The van der Waals surface area contributed by atoms with Gasteiger partial charge >= 0.3 is 0 Å².